The summed E-state index contributed by atoms with van der Waals surface area (Å²) < 4.78 is 27.8. The highest BCUT2D eigenvalue weighted by molar-refractivity contribution is 7.90. The number of rotatable bonds is 7. The number of hydrogen-bond acceptors (Lipinski definition) is 5. The van der Waals surface area contributed by atoms with Gasteiger partial charge in [0.1, 0.15) is 0 Å². The Morgan fingerprint density at radius 1 is 0.977 bits per heavy atom. The molecule has 4 saturated carbocycles. The number of aliphatic hydroxyl groups excluding tert-OH is 2. The molecule has 44 heavy (non-hydrogen) atoms. The molecular formula is C36H58N2O5S. The number of hydrogen-bond donors (Lipinski definition) is 4. The summed E-state index contributed by atoms with van der Waals surface area (Å²) in [4.78, 5) is 12.7. The maximum atomic E-state index is 12.8. The molecule has 4 aliphatic rings. The summed E-state index contributed by atoms with van der Waals surface area (Å²) in [7, 11) is -3.95. The van der Waals surface area contributed by atoms with E-state index in [0.717, 1.165) is 56.9 Å². The van der Waals surface area contributed by atoms with Gasteiger partial charge in [0.15, 0.2) is 0 Å². The number of benzene rings is 1. The molecule has 5 rings (SSSR count). The summed E-state index contributed by atoms with van der Waals surface area (Å²) >= 11 is 0. The first kappa shape index (κ1) is 33.7. The zero-order chi connectivity index (χ0) is 32.2. The number of urea groups is 1. The minimum atomic E-state index is -3.95. The standard InChI is InChI=1S/C36H58N2O5S/c1-8-26-30-21-24(39)15-18-36(30,7)29-16-19-35(6)27(13-14-28(35)31(29)32(26)40)22(2)17-20-37-33(41)38-44(42,43)25-11-9-23(10-12-25)34(3,4)5/h9-12,22,24,26-32,39-40H,8,13-21H2,1-7H3,(H2,37,38,41). The van der Waals surface area contributed by atoms with Gasteiger partial charge in [0.2, 0.25) is 0 Å². The summed E-state index contributed by atoms with van der Waals surface area (Å²) in [5.74, 6) is 2.87. The molecule has 11 atom stereocenters. The predicted molar refractivity (Wildman–Crippen MR) is 174 cm³/mol. The summed E-state index contributed by atoms with van der Waals surface area (Å²) in [6, 6.07) is 6.00. The molecule has 0 aromatic heterocycles. The highest BCUT2D eigenvalue weighted by Gasteiger charge is 2.64. The molecule has 8 heteroatoms. The van der Waals surface area contributed by atoms with E-state index in [1.54, 1.807) is 24.3 Å². The van der Waals surface area contributed by atoms with Crippen molar-refractivity contribution >= 4 is 16.1 Å². The van der Waals surface area contributed by atoms with Gasteiger partial charge in [0.25, 0.3) is 10.0 Å². The average molecular weight is 631 g/mol. The van der Waals surface area contributed by atoms with Crippen LogP contribution in [-0.4, -0.2) is 43.4 Å². The largest absolute Gasteiger partial charge is 0.393 e. The van der Waals surface area contributed by atoms with Crippen molar-refractivity contribution in [3.05, 3.63) is 29.8 Å². The number of fused-ring (bicyclic) bond motifs is 5. The SMILES string of the molecule is CCC1C(O)C2C3CCC(C(C)CCNC(=O)NS(=O)(=O)c4ccc(C(C)(C)C)cc4)C3(C)CCC2C2(C)CCC(O)CC12. The highest BCUT2D eigenvalue weighted by Crippen LogP contribution is 2.69. The Balaban J connectivity index is 1.19. The fourth-order valence-corrected chi connectivity index (χ4v) is 11.8. The Morgan fingerprint density at radius 3 is 2.25 bits per heavy atom. The van der Waals surface area contributed by atoms with Crippen molar-refractivity contribution in [1.29, 1.82) is 0 Å². The van der Waals surface area contributed by atoms with E-state index in [2.05, 4.69) is 58.5 Å². The molecule has 7 nitrogen and oxygen atoms in total. The van der Waals surface area contributed by atoms with Crippen molar-refractivity contribution in [2.45, 2.75) is 129 Å². The van der Waals surface area contributed by atoms with E-state index in [9.17, 15) is 23.4 Å². The molecule has 2 amide bonds. The minimum absolute atomic E-state index is 0.0781. The maximum absolute atomic E-state index is 12.8. The van der Waals surface area contributed by atoms with Crippen LogP contribution >= 0.6 is 0 Å². The molecular weight excluding hydrogens is 572 g/mol. The lowest BCUT2D eigenvalue weighted by molar-refractivity contribution is -0.203. The third-order valence-electron chi connectivity index (χ3n) is 13.3. The van der Waals surface area contributed by atoms with Crippen LogP contribution in [0.4, 0.5) is 4.79 Å². The summed E-state index contributed by atoms with van der Waals surface area (Å²) in [5, 5.41) is 25.3. The fraction of sp³-hybridized carbons (Fsp3) is 0.806. The van der Waals surface area contributed by atoms with Crippen molar-refractivity contribution < 1.29 is 23.4 Å². The van der Waals surface area contributed by atoms with Crippen LogP contribution in [0, 0.1) is 52.3 Å². The van der Waals surface area contributed by atoms with Gasteiger partial charge >= 0.3 is 6.03 Å². The Bertz CT molecular complexity index is 1290. The Morgan fingerprint density at radius 2 is 1.61 bits per heavy atom. The normalized spacial score (nSPS) is 39.5. The van der Waals surface area contributed by atoms with Crippen LogP contribution < -0.4 is 10.0 Å². The molecule has 0 aliphatic heterocycles. The van der Waals surface area contributed by atoms with Crippen LogP contribution in [0.15, 0.2) is 29.2 Å². The van der Waals surface area contributed by atoms with Crippen molar-refractivity contribution in [2.24, 2.45) is 52.3 Å². The molecule has 4 fully saturated rings. The number of aliphatic hydroxyl groups is 2. The van der Waals surface area contributed by atoms with Crippen molar-refractivity contribution in [1.82, 2.24) is 10.0 Å². The smallest absolute Gasteiger partial charge is 0.328 e. The third kappa shape index (κ3) is 5.97. The van der Waals surface area contributed by atoms with Crippen LogP contribution in [0.2, 0.25) is 0 Å². The second kappa shape index (κ2) is 12.2. The monoisotopic (exact) mass is 630 g/mol. The maximum Gasteiger partial charge on any atom is 0.328 e. The number of nitrogens with one attached hydrogen (secondary N) is 2. The number of carbonyl (C=O) groups is 1. The first-order chi connectivity index (χ1) is 20.5. The topological polar surface area (TPSA) is 116 Å². The lowest BCUT2D eigenvalue weighted by Gasteiger charge is -2.64. The van der Waals surface area contributed by atoms with E-state index in [0.29, 0.717) is 42.1 Å². The highest BCUT2D eigenvalue weighted by atomic mass is 32.2. The second-order valence-corrected chi connectivity index (χ2v) is 18.2. The average Bonchev–Trinajstić information content (AvgIpc) is 3.30. The number of carbonyl (C=O) groups excluding carboxylic acids is 1. The zero-order valence-corrected chi connectivity index (χ0v) is 28.9. The molecule has 1 aromatic carbocycles. The van der Waals surface area contributed by atoms with Gasteiger partial charge in [-0.1, -0.05) is 67.0 Å². The lowest BCUT2D eigenvalue weighted by atomic mass is 9.41. The second-order valence-electron chi connectivity index (χ2n) is 16.5. The Labute approximate surface area is 266 Å². The van der Waals surface area contributed by atoms with E-state index in [-0.39, 0.29) is 39.3 Å². The summed E-state index contributed by atoms with van der Waals surface area (Å²) in [5.41, 5.74) is 1.29. The van der Waals surface area contributed by atoms with E-state index < -0.39 is 16.1 Å². The zero-order valence-electron chi connectivity index (χ0n) is 28.1. The van der Waals surface area contributed by atoms with Gasteiger partial charge < -0.3 is 15.5 Å². The van der Waals surface area contributed by atoms with Crippen LogP contribution in [0.5, 0.6) is 0 Å². The third-order valence-corrected chi connectivity index (χ3v) is 14.6. The summed E-state index contributed by atoms with van der Waals surface area (Å²) in [6.07, 6.45) is 8.60. The van der Waals surface area contributed by atoms with Crippen molar-refractivity contribution in [2.75, 3.05) is 6.54 Å². The van der Waals surface area contributed by atoms with Gasteiger partial charge in [-0.05, 0) is 127 Å². The van der Waals surface area contributed by atoms with Crippen LogP contribution in [0.1, 0.15) is 112 Å². The fourth-order valence-electron chi connectivity index (χ4n) is 10.9. The Kier molecular flexibility index (Phi) is 9.34. The minimum Gasteiger partial charge on any atom is -0.393 e. The molecule has 0 heterocycles. The van der Waals surface area contributed by atoms with Crippen LogP contribution in [0.3, 0.4) is 0 Å². The van der Waals surface area contributed by atoms with Crippen LogP contribution in [0.25, 0.3) is 0 Å². The van der Waals surface area contributed by atoms with Crippen molar-refractivity contribution in [3.63, 3.8) is 0 Å². The predicted octanol–water partition coefficient (Wildman–Crippen LogP) is 6.62. The van der Waals surface area contributed by atoms with E-state index in [4.69, 9.17) is 0 Å². The first-order valence-electron chi connectivity index (χ1n) is 17.3. The van der Waals surface area contributed by atoms with Gasteiger partial charge in [0.05, 0.1) is 17.1 Å². The Hall–Kier alpha value is -1.64. The van der Waals surface area contributed by atoms with E-state index in [1.165, 1.54) is 6.42 Å². The first-order valence-corrected chi connectivity index (χ1v) is 18.8. The lowest BCUT2D eigenvalue weighted by Crippen LogP contribution is -2.62. The molecule has 248 valence electrons. The molecule has 0 saturated heterocycles. The molecule has 4 N–H and O–H groups in total. The van der Waals surface area contributed by atoms with Gasteiger partial charge in [-0.25, -0.2) is 17.9 Å². The van der Waals surface area contributed by atoms with Crippen molar-refractivity contribution in [3.8, 4) is 0 Å². The molecule has 4 aliphatic carbocycles. The molecule has 0 bridgehead atoms. The molecule has 11 unspecified atom stereocenters. The van der Waals surface area contributed by atoms with Crippen LogP contribution in [-0.2, 0) is 15.4 Å². The number of sulfonamides is 1. The summed E-state index contributed by atoms with van der Waals surface area (Å²) in [6.45, 7) is 16.1. The number of amides is 2. The van der Waals surface area contributed by atoms with Gasteiger partial charge in [-0.2, -0.15) is 0 Å². The van der Waals surface area contributed by atoms with Gasteiger partial charge in [-0.15, -0.1) is 0 Å². The van der Waals surface area contributed by atoms with E-state index >= 15 is 0 Å². The van der Waals surface area contributed by atoms with E-state index in [1.807, 2.05) is 0 Å². The molecule has 0 radical (unpaired) electrons. The van der Waals surface area contributed by atoms with Gasteiger partial charge in [-0.3, -0.25) is 0 Å². The van der Waals surface area contributed by atoms with Gasteiger partial charge in [0, 0.05) is 6.54 Å². The molecule has 0 spiro atoms. The quantitative estimate of drug-likeness (QED) is 0.270. The molecule has 1 aromatic rings.